The summed E-state index contributed by atoms with van der Waals surface area (Å²) < 4.78 is 15.0. The maximum absolute atomic E-state index is 10.6. The van der Waals surface area contributed by atoms with Crippen LogP contribution in [0.5, 0.6) is 0 Å². The number of phosphoric ester groups is 1. The van der Waals surface area contributed by atoms with E-state index in [1.807, 2.05) is 11.0 Å². The minimum absolute atomic E-state index is 0.0424. The number of hydrogen-bond acceptors (Lipinski definition) is 8. The molecule has 1 aliphatic heterocycles. The van der Waals surface area contributed by atoms with Gasteiger partial charge in [0.25, 0.3) is 0 Å². The fourth-order valence-corrected chi connectivity index (χ4v) is 4.33. The van der Waals surface area contributed by atoms with E-state index < -0.39 is 7.82 Å². The normalized spacial score (nSPS) is 27.0. The topological polar surface area (TPSA) is 76.5 Å². The van der Waals surface area contributed by atoms with Crippen molar-refractivity contribution in [3.8, 4) is 0 Å². The van der Waals surface area contributed by atoms with Crippen molar-refractivity contribution in [3.63, 3.8) is 0 Å². The molecule has 1 heterocycles. The first-order valence-corrected chi connectivity index (χ1v) is 10.7. The van der Waals surface area contributed by atoms with Gasteiger partial charge < -0.3 is 9.79 Å². The van der Waals surface area contributed by atoms with E-state index in [0.717, 1.165) is 0 Å². The lowest BCUT2D eigenvalue weighted by atomic mass is 10.3. The molecule has 11 heteroatoms. The monoisotopic (exact) mass is 427 g/mol. The van der Waals surface area contributed by atoms with Crippen molar-refractivity contribution in [3.05, 3.63) is 37.5 Å². The molecule has 0 aromatic carbocycles. The van der Waals surface area contributed by atoms with Crippen molar-refractivity contribution in [2.75, 3.05) is 26.2 Å². The fourth-order valence-electron chi connectivity index (χ4n) is 2.35. The van der Waals surface area contributed by atoms with Crippen molar-refractivity contribution in [2.45, 2.75) is 22.9 Å². The lowest BCUT2D eigenvalue weighted by Crippen LogP contribution is -2.66. The molecule has 0 amide bonds. The lowest BCUT2D eigenvalue weighted by molar-refractivity contribution is -0.0594. The molecular formula is C14H26N3O4PS3. The molecule has 0 saturated carbocycles. The summed E-state index contributed by atoms with van der Waals surface area (Å²) in [6.45, 7) is 9.30. The average Bonchev–Trinajstić information content (AvgIpc) is 2.53. The molecule has 1 rings (SSSR count). The van der Waals surface area contributed by atoms with Gasteiger partial charge in [0, 0.05) is 19.6 Å². The zero-order chi connectivity index (χ0) is 19.0. The molecule has 1 saturated heterocycles. The smallest absolute Gasteiger partial charge is 0.303 e. The van der Waals surface area contributed by atoms with Crippen molar-refractivity contribution in [2.24, 2.45) is 0 Å². The summed E-state index contributed by atoms with van der Waals surface area (Å²) in [4.78, 5) is 23.4. The van der Waals surface area contributed by atoms with Crippen molar-refractivity contribution < 1.29 is 18.9 Å². The first-order chi connectivity index (χ1) is 11.7. The van der Waals surface area contributed by atoms with Crippen molar-refractivity contribution in [1.82, 2.24) is 14.7 Å². The molecule has 144 valence electrons. The zero-order valence-corrected chi connectivity index (χ0v) is 17.4. The first kappa shape index (κ1) is 23.3. The Morgan fingerprint density at radius 3 is 1.76 bits per heavy atom. The van der Waals surface area contributed by atoms with Crippen LogP contribution in [0.4, 0.5) is 0 Å². The van der Waals surface area contributed by atoms with Gasteiger partial charge in [-0.1, -0.05) is 24.3 Å². The zero-order valence-electron chi connectivity index (χ0n) is 13.8. The Labute approximate surface area is 165 Å². The molecular weight excluding hydrogens is 401 g/mol. The predicted molar refractivity (Wildman–Crippen MR) is 111 cm³/mol. The molecule has 2 N–H and O–H groups in total. The maximum atomic E-state index is 10.6. The van der Waals surface area contributed by atoms with Crippen LogP contribution in [0.25, 0.3) is 0 Å². The Kier molecular flexibility index (Phi) is 10.4. The van der Waals surface area contributed by atoms with Crippen LogP contribution in [0, 0.1) is 0 Å². The highest BCUT2D eigenvalue weighted by molar-refractivity contribution is 7.82. The van der Waals surface area contributed by atoms with E-state index in [0.29, 0.717) is 26.1 Å². The van der Waals surface area contributed by atoms with Crippen LogP contribution >= 0.6 is 45.7 Å². The Hall–Kier alpha value is 0.260. The van der Waals surface area contributed by atoms with Crippen LogP contribution in [0.1, 0.15) is 6.42 Å². The van der Waals surface area contributed by atoms with E-state index in [4.69, 9.17) is 9.79 Å². The Bertz CT molecular complexity index is 496. The Balaban J connectivity index is 2.69. The molecule has 0 radical (unpaired) electrons. The van der Waals surface area contributed by atoms with Gasteiger partial charge in [-0.25, -0.2) is 4.57 Å². The highest BCUT2D eigenvalue weighted by Crippen LogP contribution is 2.35. The molecule has 0 spiro atoms. The lowest BCUT2D eigenvalue weighted by Gasteiger charge is -2.53. The SMILES string of the molecule is C=CCN1C(S)N(CC=C)C(S)N(C/C=C/CCOP(=O)(O)O)C1S. The number of nitrogens with zero attached hydrogens (tertiary/aromatic N) is 3. The molecule has 2 unspecified atom stereocenters. The van der Waals surface area contributed by atoms with E-state index in [1.165, 1.54) is 0 Å². The highest BCUT2D eigenvalue weighted by Gasteiger charge is 2.40. The minimum Gasteiger partial charge on any atom is -0.303 e. The number of hydrogen-bond donors (Lipinski definition) is 5. The van der Waals surface area contributed by atoms with E-state index >= 15 is 0 Å². The van der Waals surface area contributed by atoms with Gasteiger partial charge >= 0.3 is 7.82 Å². The minimum atomic E-state index is -4.41. The molecule has 0 aromatic rings. The fraction of sp³-hybridized carbons (Fsp3) is 0.571. The van der Waals surface area contributed by atoms with Crippen LogP contribution in [-0.4, -0.2) is 67.2 Å². The van der Waals surface area contributed by atoms with Gasteiger partial charge in [-0.05, 0) is 6.42 Å². The number of rotatable bonds is 10. The second kappa shape index (κ2) is 11.2. The molecule has 1 aliphatic rings. The highest BCUT2D eigenvalue weighted by atomic mass is 32.1. The number of thiol groups is 3. The van der Waals surface area contributed by atoms with E-state index in [-0.39, 0.29) is 23.1 Å². The molecule has 25 heavy (non-hydrogen) atoms. The van der Waals surface area contributed by atoms with Crippen LogP contribution in [0.2, 0.25) is 0 Å². The summed E-state index contributed by atoms with van der Waals surface area (Å²) in [5, 5.41) is 0. The van der Waals surface area contributed by atoms with Gasteiger partial charge in [0.2, 0.25) is 0 Å². The van der Waals surface area contributed by atoms with E-state index in [9.17, 15) is 4.57 Å². The molecule has 0 aliphatic carbocycles. The van der Waals surface area contributed by atoms with Crippen molar-refractivity contribution in [1.29, 1.82) is 0 Å². The third kappa shape index (κ3) is 7.42. The standard InChI is InChI=1S/C14H26N3O4PS3/c1-3-8-15-12(23)16(9-4-2)14(25)17(13(15)24)10-6-5-7-11-21-22(18,19)20/h3-6,12-14,23-25H,1-2,7-11H2,(H2,18,19,20)/b6-5+. The average molecular weight is 428 g/mol. The molecule has 2 atom stereocenters. The number of phosphoric acid groups is 1. The van der Waals surface area contributed by atoms with E-state index in [2.05, 4.69) is 65.4 Å². The third-order valence-corrected chi connectivity index (χ3v) is 5.79. The summed E-state index contributed by atoms with van der Waals surface area (Å²) in [5.41, 5.74) is -0.585. The quantitative estimate of drug-likeness (QED) is 0.158. The van der Waals surface area contributed by atoms with Crippen LogP contribution in [0.15, 0.2) is 37.5 Å². The van der Waals surface area contributed by atoms with Crippen LogP contribution < -0.4 is 0 Å². The van der Waals surface area contributed by atoms with Gasteiger partial charge in [0.15, 0.2) is 0 Å². The third-order valence-electron chi connectivity index (χ3n) is 3.49. The van der Waals surface area contributed by atoms with Crippen LogP contribution in [0.3, 0.4) is 0 Å². The predicted octanol–water partition coefficient (Wildman–Crippen LogP) is 1.97. The van der Waals surface area contributed by atoms with Gasteiger partial charge in [-0.15, -0.1) is 51.0 Å². The summed E-state index contributed by atoms with van der Waals surface area (Å²) in [7, 11) is -4.41. The summed E-state index contributed by atoms with van der Waals surface area (Å²) in [6, 6.07) is 0. The molecule has 0 aromatic heterocycles. The van der Waals surface area contributed by atoms with Gasteiger partial charge in [0.05, 0.1) is 6.61 Å². The Morgan fingerprint density at radius 2 is 1.36 bits per heavy atom. The summed E-state index contributed by atoms with van der Waals surface area (Å²) >= 11 is 14.0. The van der Waals surface area contributed by atoms with Crippen LogP contribution in [-0.2, 0) is 9.09 Å². The van der Waals surface area contributed by atoms with Gasteiger partial charge in [-0.2, -0.15) is 0 Å². The maximum Gasteiger partial charge on any atom is 0.469 e. The van der Waals surface area contributed by atoms with Gasteiger partial charge in [-0.3, -0.25) is 19.2 Å². The van der Waals surface area contributed by atoms with E-state index in [1.54, 1.807) is 18.2 Å². The largest absolute Gasteiger partial charge is 0.469 e. The molecule has 7 nitrogen and oxygen atoms in total. The molecule has 1 fully saturated rings. The Morgan fingerprint density at radius 1 is 0.920 bits per heavy atom. The summed E-state index contributed by atoms with van der Waals surface area (Å²) in [6.07, 6.45) is 7.69. The summed E-state index contributed by atoms with van der Waals surface area (Å²) in [5.74, 6) is 0. The van der Waals surface area contributed by atoms with Gasteiger partial charge in [0.1, 0.15) is 16.5 Å². The second-order valence-electron chi connectivity index (χ2n) is 5.29. The van der Waals surface area contributed by atoms with Crippen molar-refractivity contribution >= 4 is 45.7 Å². The first-order valence-electron chi connectivity index (χ1n) is 7.61. The molecule has 0 bridgehead atoms. The second-order valence-corrected chi connectivity index (χ2v) is 7.92.